The van der Waals surface area contributed by atoms with Gasteiger partial charge in [-0.3, -0.25) is 9.59 Å². The van der Waals surface area contributed by atoms with Crippen molar-refractivity contribution in [1.29, 1.82) is 0 Å². The summed E-state index contributed by atoms with van der Waals surface area (Å²) in [5, 5.41) is 6.31. The lowest BCUT2D eigenvalue weighted by molar-refractivity contribution is -0.136. The van der Waals surface area contributed by atoms with E-state index < -0.39 is 11.8 Å². The summed E-state index contributed by atoms with van der Waals surface area (Å²) in [4.78, 5) is 23.9. The largest absolute Gasteiger partial charge is 0.497 e. The van der Waals surface area contributed by atoms with Crippen LogP contribution >= 0.6 is 15.9 Å². The van der Waals surface area contributed by atoms with Crippen molar-refractivity contribution in [2.24, 2.45) is 5.10 Å². The van der Waals surface area contributed by atoms with Crippen molar-refractivity contribution in [2.75, 3.05) is 19.0 Å². The zero-order chi connectivity index (χ0) is 19.6. The number of anilines is 1. The molecule has 0 fully saturated rings. The van der Waals surface area contributed by atoms with E-state index in [9.17, 15) is 9.59 Å². The Bertz CT molecular complexity index is 839. The normalized spacial score (nSPS) is 10.5. The molecule has 2 aromatic carbocycles. The van der Waals surface area contributed by atoms with E-state index in [1.54, 1.807) is 36.4 Å². The molecule has 0 radical (unpaired) electrons. The Morgan fingerprint density at radius 3 is 2.74 bits per heavy atom. The van der Waals surface area contributed by atoms with E-state index in [4.69, 9.17) is 9.47 Å². The number of hydrogen-bond acceptors (Lipinski definition) is 5. The van der Waals surface area contributed by atoms with Crippen LogP contribution in [0.15, 0.2) is 52.0 Å². The molecular formula is C19H20BrN3O4. The molecule has 8 heteroatoms. The van der Waals surface area contributed by atoms with E-state index in [1.807, 2.05) is 13.0 Å². The van der Waals surface area contributed by atoms with Crippen LogP contribution in [0.4, 0.5) is 5.69 Å². The predicted octanol–water partition coefficient (Wildman–Crippen LogP) is 3.34. The SMILES string of the molecule is CCCOc1ccc(Br)cc1/C=N/NC(=O)C(=O)Nc1cccc(OC)c1. The van der Waals surface area contributed by atoms with Crippen molar-refractivity contribution in [2.45, 2.75) is 13.3 Å². The Morgan fingerprint density at radius 1 is 1.19 bits per heavy atom. The van der Waals surface area contributed by atoms with Crippen molar-refractivity contribution >= 4 is 39.6 Å². The Morgan fingerprint density at radius 2 is 2.00 bits per heavy atom. The van der Waals surface area contributed by atoms with Gasteiger partial charge < -0.3 is 14.8 Å². The fraction of sp³-hybridized carbons (Fsp3) is 0.211. The molecule has 2 N–H and O–H groups in total. The highest BCUT2D eigenvalue weighted by Gasteiger charge is 2.13. The zero-order valence-electron chi connectivity index (χ0n) is 15.0. The summed E-state index contributed by atoms with van der Waals surface area (Å²) >= 11 is 3.38. The Hall–Kier alpha value is -2.87. The van der Waals surface area contributed by atoms with E-state index in [2.05, 4.69) is 31.8 Å². The molecule has 0 aliphatic carbocycles. The molecule has 0 atom stereocenters. The van der Waals surface area contributed by atoms with Gasteiger partial charge in [0.2, 0.25) is 0 Å². The minimum absolute atomic E-state index is 0.445. The lowest BCUT2D eigenvalue weighted by Gasteiger charge is -2.08. The first-order valence-electron chi connectivity index (χ1n) is 8.24. The molecular weight excluding hydrogens is 414 g/mol. The maximum atomic E-state index is 11.9. The number of methoxy groups -OCH3 is 1. The number of ether oxygens (including phenoxy) is 2. The summed E-state index contributed by atoms with van der Waals surface area (Å²) in [6.45, 7) is 2.57. The second-order valence-corrected chi connectivity index (χ2v) is 6.33. The van der Waals surface area contributed by atoms with Crippen molar-refractivity contribution in [3.05, 3.63) is 52.5 Å². The molecule has 0 saturated carbocycles. The first kappa shape index (κ1) is 20.4. The smallest absolute Gasteiger partial charge is 0.329 e. The maximum Gasteiger partial charge on any atom is 0.329 e. The standard InChI is InChI=1S/C19H20BrN3O4/c1-3-9-27-17-8-7-14(20)10-13(17)12-21-23-19(25)18(24)22-15-5-4-6-16(11-15)26-2/h4-8,10-12H,3,9H2,1-2H3,(H,22,24)(H,23,25)/b21-12+. The third-order valence-electron chi connectivity index (χ3n) is 3.34. The number of amides is 2. The average molecular weight is 434 g/mol. The summed E-state index contributed by atoms with van der Waals surface area (Å²) in [5.41, 5.74) is 3.32. The average Bonchev–Trinajstić information content (AvgIpc) is 2.67. The van der Waals surface area contributed by atoms with Gasteiger partial charge in [0.15, 0.2) is 0 Å². The minimum atomic E-state index is -0.889. The number of hydrogen-bond donors (Lipinski definition) is 2. The number of carbonyl (C=O) groups is 2. The van der Waals surface area contributed by atoms with Gasteiger partial charge in [-0.1, -0.05) is 28.9 Å². The number of nitrogens with one attached hydrogen (secondary N) is 2. The van der Waals surface area contributed by atoms with Gasteiger partial charge in [0, 0.05) is 21.8 Å². The van der Waals surface area contributed by atoms with Gasteiger partial charge in [0.1, 0.15) is 11.5 Å². The van der Waals surface area contributed by atoms with Gasteiger partial charge in [-0.2, -0.15) is 5.10 Å². The predicted molar refractivity (Wildman–Crippen MR) is 107 cm³/mol. The molecule has 2 rings (SSSR count). The molecule has 27 heavy (non-hydrogen) atoms. The lowest BCUT2D eigenvalue weighted by atomic mass is 10.2. The minimum Gasteiger partial charge on any atom is -0.497 e. The fourth-order valence-corrected chi connectivity index (χ4v) is 2.44. The van der Waals surface area contributed by atoms with E-state index in [0.29, 0.717) is 29.4 Å². The molecule has 0 aliphatic rings. The van der Waals surface area contributed by atoms with Crippen molar-refractivity contribution in [3.8, 4) is 11.5 Å². The van der Waals surface area contributed by atoms with Crippen LogP contribution in [0.2, 0.25) is 0 Å². The number of benzene rings is 2. The summed E-state index contributed by atoms with van der Waals surface area (Å²) < 4.78 is 11.5. The first-order valence-corrected chi connectivity index (χ1v) is 9.03. The molecule has 2 amide bonds. The molecule has 0 unspecified atom stereocenters. The fourth-order valence-electron chi connectivity index (χ4n) is 2.06. The highest BCUT2D eigenvalue weighted by atomic mass is 79.9. The molecule has 0 heterocycles. The van der Waals surface area contributed by atoms with Crippen LogP contribution in [0.1, 0.15) is 18.9 Å². The van der Waals surface area contributed by atoms with E-state index >= 15 is 0 Å². The molecule has 142 valence electrons. The number of halogens is 1. The number of rotatable bonds is 7. The topological polar surface area (TPSA) is 89.0 Å². The molecule has 0 aromatic heterocycles. The summed E-state index contributed by atoms with van der Waals surface area (Å²) in [5.74, 6) is -0.517. The molecule has 2 aromatic rings. The van der Waals surface area contributed by atoms with Crippen molar-refractivity contribution in [3.63, 3.8) is 0 Å². The zero-order valence-corrected chi connectivity index (χ0v) is 16.6. The van der Waals surface area contributed by atoms with Crippen LogP contribution in [-0.2, 0) is 9.59 Å². The van der Waals surface area contributed by atoms with E-state index in [1.165, 1.54) is 13.3 Å². The van der Waals surface area contributed by atoms with Crippen LogP contribution in [-0.4, -0.2) is 31.7 Å². The third kappa shape index (κ3) is 6.41. The number of nitrogens with zero attached hydrogens (tertiary/aromatic N) is 1. The molecule has 0 spiro atoms. The lowest BCUT2D eigenvalue weighted by Crippen LogP contribution is -2.32. The third-order valence-corrected chi connectivity index (χ3v) is 3.83. The Kier molecular flexibility index (Phi) is 7.81. The highest BCUT2D eigenvalue weighted by Crippen LogP contribution is 2.22. The quantitative estimate of drug-likeness (QED) is 0.398. The molecule has 7 nitrogen and oxygen atoms in total. The molecule has 0 bridgehead atoms. The van der Waals surface area contributed by atoms with Crippen LogP contribution in [0.3, 0.4) is 0 Å². The number of carbonyl (C=O) groups excluding carboxylic acids is 2. The second kappa shape index (κ2) is 10.3. The van der Waals surface area contributed by atoms with Gasteiger partial charge in [0.05, 0.1) is 19.9 Å². The van der Waals surface area contributed by atoms with Crippen LogP contribution in [0, 0.1) is 0 Å². The second-order valence-electron chi connectivity index (χ2n) is 5.42. The highest BCUT2D eigenvalue weighted by molar-refractivity contribution is 9.10. The summed E-state index contributed by atoms with van der Waals surface area (Å²) in [7, 11) is 1.52. The summed E-state index contributed by atoms with van der Waals surface area (Å²) in [6, 6.07) is 12.1. The van der Waals surface area contributed by atoms with Gasteiger partial charge in [0.25, 0.3) is 0 Å². The maximum absolute atomic E-state index is 11.9. The van der Waals surface area contributed by atoms with Gasteiger partial charge in [-0.15, -0.1) is 0 Å². The van der Waals surface area contributed by atoms with Crippen LogP contribution in [0.5, 0.6) is 11.5 Å². The van der Waals surface area contributed by atoms with Crippen molar-refractivity contribution < 1.29 is 19.1 Å². The van der Waals surface area contributed by atoms with E-state index in [-0.39, 0.29) is 0 Å². The van der Waals surface area contributed by atoms with E-state index in [0.717, 1.165) is 10.9 Å². The Labute approximate surface area is 165 Å². The Balaban J connectivity index is 1.97. The monoisotopic (exact) mass is 433 g/mol. The van der Waals surface area contributed by atoms with Gasteiger partial charge in [-0.25, -0.2) is 5.43 Å². The van der Waals surface area contributed by atoms with Crippen LogP contribution in [0.25, 0.3) is 0 Å². The number of hydrazone groups is 1. The van der Waals surface area contributed by atoms with Gasteiger partial charge in [-0.05, 0) is 36.8 Å². The summed E-state index contributed by atoms with van der Waals surface area (Å²) in [6.07, 6.45) is 2.29. The van der Waals surface area contributed by atoms with Crippen LogP contribution < -0.4 is 20.2 Å². The molecule has 0 aliphatic heterocycles. The molecule has 0 saturated heterocycles. The van der Waals surface area contributed by atoms with Gasteiger partial charge >= 0.3 is 11.8 Å². The first-order chi connectivity index (χ1) is 13.0. The van der Waals surface area contributed by atoms with Crippen molar-refractivity contribution in [1.82, 2.24) is 5.43 Å².